The number of ether oxygens (including phenoxy) is 1. The van der Waals surface area contributed by atoms with E-state index in [1.807, 2.05) is 18.2 Å². The molecule has 3 rings (SSSR count). The molecule has 2 heteroatoms. The molecule has 2 aromatic carbocycles. The standard InChI is InChI=1S/C20H25NO/c1-21-20-9-5-8-18(20)14-16-10-12-19(13-11-16)22-15-17-6-3-2-4-7-17/h2-4,6-7,10-13,18,20-21H,5,8-9,14-15H2,1H3/t18-,20-/m1/s1. The van der Waals surface area contributed by atoms with E-state index in [1.165, 1.54) is 36.8 Å². The summed E-state index contributed by atoms with van der Waals surface area (Å²) in [6.07, 6.45) is 5.19. The molecular weight excluding hydrogens is 270 g/mol. The molecule has 2 atom stereocenters. The molecule has 0 unspecified atom stereocenters. The van der Waals surface area contributed by atoms with Crippen molar-refractivity contribution in [2.75, 3.05) is 7.05 Å². The zero-order valence-corrected chi connectivity index (χ0v) is 13.3. The van der Waals surface area contributed by atoms with Crippen LogP contribution in [0.1, 0.15) is 30.4 Å². The van der Waals surface area contributed by atoms with E-state index in [-0.39, 0.29) is 0 Å². The minimum atomic E-state index is 0.630. The fourth-order valence-electron chi connectivity index (χ4n) is 3.43. The Balaban J connectivity index is 1.54. The molecule has 0 aliphatic heterocycles. The van der Waals surface area contributed by atoms with Gasteiger partial charge in [0.2, 0.25) is 0 Å². The average Bonchev–Trinajstić information content (AvgIpc) is 3.02. The number of hydrogen-bond acceptors (Lipinski definition) is 2. The predicted molar refractivity (Wildman–Crippen MR) is 91.1 cm³/mol. The van der Waals surface area contributed by atoms with Crippen molar-refractivity contribution < 1.29 is 4.74 Å². The monoisotopic (exact) mass is 295 g/mol. The van der Waals surface area contributed by atoms with Gasteiger partial charge in [0.1, 0.15) is 12.4 Å². The maximum atomic E-state index is 5.85. The normalized spacial score (nSPS) is 21.0. The molecule has 0 bridgehead atoms. The third-order valence-electron chi connectivity index (χ3n) is 4.70. The topological polar surface area (TPSA) is 21.3 Å². The Morgan fingerprint density at radius 2 is 1.73 bits per heavy atom. The van der Waals surface area contributed by atoms with Crippen molar-refractivity contribution in [3.63, 3.8) is 0 Å². The Kier molecular flexibility index (Phi) is 5.12. The maximum absolute atomic E-state index is 5.85. The van der Waals surface area contributed by atoms with Crippen molar-refractivity contribution in [1.82, 2.24) is 5.32 Å². The quantitative estimate of drug-likeness (QED) is 0.862. The zero-order valence-electron chi connectivity index (χ0n) is 13.3. The molecule has 22 heavy (non-hydrogen) atoms. The SMILES string of the molecule is CN[C@@H]1CCC[C@@H]1Cc1ccc(OCc2ccccc2)cc1. The molecule has 2 aromatic rings. The van der Waals surface area contributed by atoms with Crippen molar-refractivity contribution in [3.05, 3.63) is 65.7 Å². The fourth-order valence-corrected chi connectivity index (χ4v) is 3.43. The van der Waals surface area contributed by atoms with Gasteiger partial charge in [-0.2, -0.15) is 0 Å². The molecule has 1 saturated carbocycles. The summed E-state index contributed by atoms with van der Waals surface area (Å²) in [7, 11) is 2.09. The van der Waals surface area contributed by atoms with E-state index in [0.29, 0.717) is 12.6 Å². The second-order valence-electron chi connectivity index (χ2n) is 6.21. The van der Waals surface area contributed by atoms with E-state index < -0.39 is 0 Å². The minimum Gasteiger partial charge on any atom is -0.489 e. The third-order valence-corrected chi connectivity index (χ3v) is 4.70. The van der Waals surface area contributed by atoms with Gasteiger partial charge in [0.05, 0.1) is 0 Å². The van der Waals surface area contributed by atoms with E-state index in [0.717, 1.165) is 11.7 Å². The molecule has 0 heterocycles. The Labute approximate surface area is 133 Å². The van der Waals surface area contributed by atoms with Crippen LogP contribution in [0.5, 0.6) is 5.75 Å². The van der Waals surface area contributed by atoms with Gasteiger partial charge >= 0.3 is 0 Å². The molecule has 1 N–H and O–H groups in total. The lowest BCUT2D eigenvalue weighted by atomic mass is 9.95. The molecule has 1 fully saturated rings. The predicted octanol–water partition coefficient (Wildman–Crippen LogP) is 4.20. The third kappa shape index (κ3) is 3.89. The van der Waals surface area contributed by atoms with Gasteiger partial charge < -0.3 is 10.1 Å². The highest BCUT2D eigenvalue weighted by Gasteiger charge is 2.25. The van der Waals surface area contributed by atoms with E-state index in [2.05, 4.69) is 48.8 Å². The van der Waals surface area contributed by atoms with Crippen LogP contribution in [-0.4, -0.2) is 13.1 Å². The van der Waals surface area contributed by atoms with Gasteiger partial charge in [-0.05, 0) is 55.5 Å². The summed E-state index contributed by atoms with van der Waals surface area (Å²) in [5.41, 5.74) is 2.62. The Morgan fingerprint density at radius 1 is 0.955 bits per heavy atom. The molecule has 1 aliphatic rings. The number of nitrogens with one attached hydrogen (secondary N) is 1. The molecule has 0 amide bonds. The van der Waals surface area contributed by atoms with Crippen LogP contribution in [0.3, 0.4) is 0 Å². The average molecular weight is 295 g/mol. The Bertz CT molecular complexity index is 564. The summed E-state index contributed by atoms with van der Waals surface area (Å²) in [4.78, 5) is 0. The van der Waals surface area contributed by atoms with Crippen molar-refractivity contribution in [2.45, 2.75) is 38.3 Å². The number of benzene rings is 2. The summed E-state index contributed by atoms with van der Waals surface area (Å²) in [6.45, 7) is 0.630. The highest BCUT2D eigenvalue weighted by Crippen LogP contribution is 2.29. The Hall–Kier alpha value is -1.80. The van der Waals surface area contributed by atoms with Crippen molar-refractivity contribution in [3.8, 4) is 5.75 Å². The number of hydrogen-bond donors (Lipinski definition) is 1. The highest BCUT2D eigenvalue weighted by atomic mass is 16.5. The van der Waals surface area contributed by atoms with E-state index in [9.17, 15) is 0 Å². The molecule has 116 valence electrons. The van der Waals surface area contributed by atoms with Crippen LogP contribution in [0.4, 0.5) is 0 Å². The van der Waals surface area contributed by atoms with Crippen LogP contribution >= 0.6 is 0 Å². The first-order chi connectivity index (χ1) is 10.8. The van der Waals surface area contributed by atoms with Crippen LogP contribution in [0.25, 0.3) is 0 Å². The Morgan fingerprint density at radius 3 is 2.45 bits per heavy atom. The molecule has 0 spiro atoms. The number of rotatable bonds is 6. The first-order valence-corrected chi connectivity index (χ1v) is 8.28. The van der Waals surface area contributed by atoms with Crippen LogP contribution in [0.15, 0.2) is 54.6 Å². The lowest BCUT2D eigenvalue weighted by Gasteiger charge is -2.19. The first-order valence-electron chi connectivity index (χ1n) is 8.28. The van der Waals surface area contributed by atoms with Crippen LogP contribution in [0, 0.1) is 5.92 Å². The van der Waals surface area contributed by atoms with Gasteiger partial charge in [-0.15, -0.1) is 0 Å². The lowest BCUT2D eigenvalue weighted by Crippen LogP contribution is -2.29. The van der Waals surface area contributed by atoms with Crippen LogP contribution in [-0.2, 0) is 13.0 Å². The fraction of sp³-hybridized carbons (Fsp3) is 0.400. The summed E-state index contributed by atoms with van der Waals surface area (Å²) >= 11 is 0. The van der Waals surface area contributed by atoms with E-state index in [4.69, 9.17) is 4.74 Å². The second kappa shape index (κ2) is 7.46. The smallest absolute Gasteiger partial charge is 0.119 e. The molecular formula is C20H25NO. The minimum absolute atomic E-state index is 0.630. The highest BCUT2D eigenvalue weighted by molar-refractivity contribution is 5.28. The van der Waals surface area contributed by atoms with Crippen molar-refractivity contribution in [2.24, 2.45) is 5.92 Å². The van der Waals surface area contributed by atoms with Crippen LogP contribution < -0.4 is 10.1 Å². The van der Waals surface area contributed by atoms with Crippen molar-refractivity contribution in [1.29, 1.82) is 0 Å². The first kappa shape index (κ1) is 15.1. The second-order valence-corrected chi connectivity index (χ2v) is 6.21. The largest absolute Gasteiger partial charge is 0.489 e. The van der Waals surface area contributed by atoms with Crippen molar-refractivity contribution >= 4 is 0 Å². The van der Waals surface area contributed by atoms with Gasteiger partial charge in [-0.1, -0.05) is 48.9 Å². The molecule has 0 radical (unpaired) electrons. The van der Waals surface area contributed by atoms with Gasteiger partial charge in [0, 0.05) is 6.04 Å². The maximum Gasteiger partial charge on any atom is 0.119 e. The molecule has 2 nitrogen and oxygen atoms in total. The van der Waals surface area contributed by atoms with Gasteiger partial charge in [0.25, 0.3) is 0 Å². The summed E-state index contributed by atoms with van der Waals surface area (Å²) < 4.78 is 5.85. The van der Waals surface area contributed by atoms with Gasteiger partial charge in [-0.25, -0.2) is 0 Å². The summed E-state index contributed by atoms with van der Waals surface area (Å²) in [6, 6.07) is 19.6. The van der Waals surface area contributed by atoms with E-state index >= 15 is 0 Å². The summed E-state index contributed by atoms with van der Waals surface area (Å²) in [5.74, 6) is 1.73. The van der Waals surface area contributed by atoms with Gasteiger partial charge in [0.15, 0.2) is 0 Å². The van der Waals surface area contributed by atoms with Gasteiger partial charge in [-0.3, -0.25) is 0 Å². The van der Waals surface area contributed by atoms with E-state index in [1.54, 1.807) is 0 Å². The van der Waals surface area contributed by atoms with Crippen LogP contribution in [0.2, 0.25) is 0 Å². The molecule has 0 aromatic heterocycles. The molecule has 0 saturated heterocycles. The molecule has 1 aliphatic carbocycles. The summed E-state index contributed by atoms with van der Waals surface area (Å²) in [5, 5.41) is 3.46. The zero-order chi connectivity index (χ0) is 15.2. The lowest BCUT2D eigenvalue weighted by molar-refractivity contribution is 0.306.